The summed E-state index contributed by atoms with van der Waals surface area (Å²) in [4.78, 5) is 11.7. The van der Waals surface area contributed by atoms with Gasteiger partial charge in [0.15, 0.2) is 0 Å². The van der Waals surface area contributed by atoms with Gasteiger partial charge in [0.2, 0.25) is 5.91 Å². The highest BCUT2D eigenvalue weighted by Crippen LogP contribution is 2.24. The SMILES string of the molecule is CC1OCCC1(O)CNC(=O)C1CCCN1. The Bertz CT molecular complexity index is 266. The van der Waals surface area contributed by atoms with E-state index in [-0.39, 0.29) is 24.6 Å². The lowest BCUT2D eigenvalue weighted by Gasteiger charge is -2.26. The van der Waals surface area contributed by atoms with Crippen molar-refractivity contribution < 1.29 is 14.6 Å². The highest BCUT2D eigenvalue weighted by atomic mass is 16.5. The van der Waals surface area contributed by atoms with Crippen molar-refractivity contribution in [3.63, 3.8) is 0 Å². The first-order valence-electron chi connectivity index (χ1n) is 5.97. The van der Waals surface area contributed by atoms with Crippen molar-refractivity contribution in [1.82, 2.24) is 10.6 Å². The fourth-order valence-electron chi connectivity index (χ4n) is 2.27. The lowest BCUT2D eigenvalue weighted by atomic mass is 9.96. The van der Waals surface area contributed by atoms with Gasteiger partial charge in [-0.05, 0) is 26.3 Å². The van der Waals surface area contributed by atoms with Gasteiger partial charge in [0, 0.05) is 19.6 Å². The van der Waals surface area contributed by atoms with E-state index < -0.39 is 5.60 Å². The molecule has 92 valence electrons. The van der Waals surface area contributed by atoms with Crippen molar-refractivity contribution in [3.05, 3.63) is 0 Å². The first-order valence-corrected chi connectivity index (χ1v) is 5.97. The predicted octanol–water partition coefficient (Wildman–Crippen LogP) is -0.605. The summed E-state index contributed by atoms with van der Waals surface area (Å²) in [6, 6.07) is -0.0822. The van der Waals surface area contributed by atoms with Crippen molar-refractivity contribution in [1.29, 1.82) is 0 Å². The molecule has 0 aliphatic carbocycles. The van der Waals surface area contributed by atoms with Crippen LogP contribution in [0.3, 0.4) is 0 Å². The average Bonchev–Trinajstić information content (AvgIpc) is 2.87. The largest absolute Gasteiger partial charge is 0.385 e. The van der Waals surface area contributed by atoms with Crippen LogP contribution in [0.2, 0.25) is 0 Å². The second-order valence-electron chi connectivity index (χ2n) is 4.73. The number of hydrogen-bond acceptors (Lipinski definition) is 4. The van der Waals surface area contributed by atoms with E-state index >= 15 is 0 Å². The van der Waals surface area contributed by atoms with E-state index in [1.165, 1.54) is 0 Å². The van der Waals surface area contributed by atoms with Crippen molar-refractivity contribution >= 4 is 5.91 Å². The molecule has 0 saturated carbocycles. The molecule has 3 unspecified atom stereocenters. The normalized spacial score (nSPS) is 38.9. The quantitative estimate of drug-likeness (QED) is 0.603. The summed E-state index contributed by atoms with van der Waals surface area (Å²) in [5.41, 5.74) is -0.895. The highest BCUT2D eigenvalue weighted by molar-refractivity contribution is 5.82. The topological polar surface area (TPSA) is 70.6 Å². The number of ether oxygens (including phenoxy) is 1. The van der Waals surface area contributed by atoms with Crippen LogP contribution in [0.5, 0.6) is 0 Å². The molecule has 0 aromatic rings. The average molecular weight is 228 g/mol. The van der Waals surface area contributed by atoms with E-state index in [4.69, 9.17) is 4.74 Å². The maximum absolute atomic E-state index is 11.7. The van der Waals surface area contributed by atoms with Crippen molar-refractivity contribution in [2.45, 2.75) is 43.9 Å². The van der Waals surface area contributed by atoms with Crippen LogP contribution in [0.4, 0.5) is 0 Å². The molecule has 2 saturated heterocycles. The Kier molecular flexibility index (Phi) is 3.47. The fourth-order valence-corrected chi connectivity index (χ4v) is 2.27. The molecule has 2 fully saturated rings. The number of carbonyl (C=O) groups is 1. The molecule has 0 radical (unpaired) electrons. The van der Waals surface area contributed by atoms with Gasteiger partial charge < -0.3 is 20.5 Å². The summed E-state index contributed by atoms with van der Waals surface area (Å²) in [7, 11) is 0. The standard InChI is InChI=1S/C11H20N2O3/c1-8-11(15,4-6-16-8)7-13-10(14)9-3-2-5-12-9/h8-9,12,15H,2-7H2,1H3,(H,13,14). The summed E-state index contributed by atoms with van der Waals surface area (Å²) in [5, 5.41) is 16.1. The van der Waals surface area contributed by atoms with E-state index in [0.29, 0.717) is 13.0 Å². The predicted molar refractivity (Wildman–Crippen MR) is 59.0 cm³/mol. The van der Waals surface area contributed by atoms with Gasteiger partial charge in [-0.2, -0.15) is 0 Å². The third-order valence-electron chi connectivity index (χ3n) is 3.61. The van der Waals surface area contributed by atoms with Gasteiger partial charge >= 0.3 is 0 Å². The fraction of sp³-hybridized carbons (Fsp3) is 0.909. The van der Waals surface area contributed by atoms with Crippen molar-refractivity contribution in [2.24, 2.45) is 0 Å². The van der Waals surface area contributed by atoms with Crippen LogP contribution in [0, 0.1) is 0 Å². The molecular weight excluding hydrogens is 208 g/mol. The van der Waals surface area contributed by atoms with E-state index in [0.717, 1.165) is 19.4 Å². The number of amides is 1. The summed E-state index contributed by atoms with van der Waals surface area (Å²) in [6.07, 6.45) is 2.31. The van der Waals surface area contributed by atoms with E-state index in [1.807, 2.05) is 6.92 Å². The van der Waals surface area contributed by atoms with E-state index in [9.17, 15) is 9.90 Å². The molecule has 2 heterocycles. The second kappa shape index (κ2) is 4.69. The minimum absolute atomic E-state index is 0.00924. The number of hydrogen-bond donors (Lipinski definition) is 3. The number of carbonyl (C=O) groups excluding carboxylic acids is 1. The lowest BCUT2D eigenvalue weighted by Crippen LogP contribution is -2.50. The van der Waals surface area contributed by atoms with Crippen molar-refractivity contribution in [3.8, 4) is 0 Å². The number of aliphatic hydroxyl groups is 1. The van der Waals surface area contributed by atoms with Gasteiger partial charge in [0.25, 0.3) is 0 Å². The molecule has 0 aromatic heterocycles. The molecule has 5 nitrogen and oxygen atoms in total. The first kappa shape index (κ1) is 11.8. The van der Waals surface area contributed by atoms with Gasteiger partial charge in [-0.25, -0.2) is 0 Å². The molecule has 1 amide bonds. The molecule has 2 aliphatic heterocycles. The van der Waals surface area contributed by atoms with Crippen LogP contribution >= 0.6 is 0 Å². The van der Waals surface area contributed by atoms with Gasteiger partial charge in [0.1, 0.15) is 5.60 Å². The van der Waals surface area contributed by atoms with Crippen LogP contribution in [0.1, 0.15) is 26.2 Å². The number of rotatable bonds is 3. The zero-order chi connectivity index (χ0) is 11.6. The summed E-state index contributed by atoms with van der Waals surface area (Å²) in [6.45, 7) is 3.59. The maximum Gasteiger partial charge on any atom is 0.237 e. The Hall–Kier alpha value is -0.650. The van der Waals surface area contributed by atoms with Crippen LogP contribution < -0.4 is 10.6 Å². The van der Waals surface area contributed by atoms with Crippen LogP contribution in [-0.2, 0) is 9.53 Å². The molecular formula is C11H20N2O3. The summed E-state index contributed by atoms with van der Waals surface area (Å²) in [5.74, 6) is -0.00924. The third kappa shape index (κ3) is 2.36. The Labute approximate surface area is 95.5 Å². The zero-order valence-corrected chi connectivity index (χ0v) is 9.66. The van der Waals surface area contributed by atoms with Crippen LogP contribution in [0.15, 0.2) is 0 Å². The molecule has 0 aromatic carbocycles. The molecule has 16 heavy (non-hydrogen) atoms. The monoisotopic (exact) mass is 228 g/mol. The Balaban J connectivity index is 1.80. The molecule has 2 aliphatic rings. The van der Waals surface area contributed by atoms with Crippen LogP contribution in [-0.4, -0.2) is 48.5 Å². The molecule has 2 rings (SSSR count). The molecule has 5 heteroatoms. The molecule has 0 bridgehead atoms. The summed E-state index contributed by atoms with van der Waals surface area (Å²) >= 11 is 0. The molecule has 3 N–H and O–H groups in total. The van der Waals surface area contributed by atoms with Gasteiger partial charge in [-0.15, -0.1) is 0 Å². The van der Waals surface area contributed by atoms with E-state index in [2.05, 4.69) is 10.6 Å². The smallest absolute Gasteiger partial charge is 0.237 e. The number of nitrogens with one attached hydrogen (secondary N) is 2. The van der Waals surface area contributed by atoms with Gasteiger partial charge in [0.05, 0.1) is 12.1 Å². The Morgan fingerprint density at radius 1 is 1.69 bits per heavy atom. The molecule has 3 atom stereocenters. The first-order chi connectivity index (χ1) is 7.62. The van der Waals surface area contributed by atoms with Gasteiger partial charge in [-0.3, -0.25) is 4.79 Å². The van der Waals surface area contributed by atoms with Gasteiger partial charge in [-0.1, -0.05) is 0 Å². The Morgan fingerprint density at radius 2 is 2.50 bits per heavy atom. The minimum atomic E-state index is -0.895. The summed E-state index contributed by atoms with van der Waals surface area (Å²) < 4.78 is 5.31. The third-order valence-corrected chi connectivity index (χ3v) is 3.61. The highest BCUT2D eigenvalue weighted by Gasteiger charge is 2.40. The minimum Gasteiger partial charge on any atom is -0.385 e. The van der Waals surface area contributed by atoms with E-state index in [1.54, 1.807) is 0 Å². The maximum atomic E-state index is 11.7. The Morgan fingerprint density at radius 3 is 3.06 bits per heavy atom. The molecule has 0 spiro atoms. The van der Waals surface area contributed by atoms with Crippen molar-refractivity contribution in [2.75, 3.05) is 19.7 Å². The zero-order valence-electron chi connectivity index (χ0n) is 9.66. The van der Waals surface area contributed by atoms with Crippen LogP contribution in [0.25, 0.3) is 0 Å². The lowest BCUT2D eigenvalue weighted by molar-refractivity contribution is -0.124. The second-order valence-corrected chi connectivity index (χ2v) is 4.73.